The summed E-state index contributed by atoms with van der Waals surface area (Å²) in [5.41, 5.74) is 0. The molecule has 0 atom stereocenters. The van der Waals surface area contributed by atoms with Gasteiger partial charge in [0.2, 0.25) is 0 Å². The second kappa shape index (κ2) is 7.36. The zero-order valence-corrected chi connectivity index (χ0v) is 11.7. The van der Waals surface area contributed by atoms with E-state index in [0.717, 1.165) is 0 Å². The van der Waals surface area contributed by atoms with Crippen LogP contribution in [-0.4, -0.2) is 24.2 Å². The molecule has 0 radical (unpaired) electrons. The van der Waals surface area contributed by atoms with Gasteiger partial charge in [0.15, 0.2) is 0 Å². The standard InChI is InChI=1S/C7H12N.CH4S.K/c1-3-7-4-2-6-8(7)5-1;1-2;/h1-6H2;2H,1H3;/q-1;;+1. The molecule has 2 aliphatic heterocycles. The van der Waals surface area contributed by atoms with Gasteiger partial charge >= 0.3 is 51.4 Å². The number of hydrogen-bond acceptors (Lipinski definition) is 2. The minimum absolute atomic E-state index is 0. The van der Waals surface area contributed by atoms with E-state index in [1.807, 2.05) is 0 Å². The van der Waals surface area contributed by atoms with Crippen LogP contribution in [0.5, 0.6) is 0 Å². The molecule has 0 aromatic heterocycles. The molecule has 2 heterocycles. The third kappa shape index (κ3) is 3.67. The molecule has 0 aromatic rings. The van der Waals surface area contributed by atoms with E-state index in [1.165, 1.54) is 38.8 Å². The molecule has 0 unspecified atom stereocenters. The molecule has 0 bridgehead atoms. The smallest absolute Gasteiger partial charge is 0.454 e. The van der Waals surface area contributed by atoms with E-state index in [4.69, 9.17) is 0 Å². The number of fused-ring (bicyclic) bond motifs is 1. The van der Waals surface area contributed by atoms with Crippen molar-refractivity contribution in [2.45, 2.75) is 25.7 Å². The SMILES string of the molecule is C1C[C-]2CCCN2C1.CS.[K+]. The first kappa shape index (κ1) is 12.9. The third-order valence-corrected chi connectivity index (χ3v) is 2.23. The summed E-state index contributed by atoms with van der Waals surface area (Å²) in [5, 5.41) is 0. The van der Waals surface area contributed by atoms with E-state index in [1.54, 1.807) is 12.3 Å². The van der Waals surface area contributed by atoms with E-state index in [0.29, 0.717) is 0 Å². The van der Waals surface area contributed by atoms with Crippen molar-refractivity contribution in [2.24, 2.45) is 0 Å². The van der Waals surface area contributed by atoms with Gasteiger partial charge < -0.3 is 4.90 Å². The van der Waals surface area contributed by atoms with Crippen LogP contribution >= 0.6 is 12.6 Å². The van der Waals surface area contributed by atoms with Crippen LogP contribution in [0.3, 0.4) is 0 Å². The van der Waals surface area contributed by atoms with Gasteiger partial charge in [0.25, 0.3) is 0 Å². The molecule has 11 heavy (non-hydrogen) atoms. The first-order chi connectivity index (χ1) is 4.97. The number of thiol groups is 1. The average Bonchev–Trinajstić information content (AvgIpc) is 2.49. The fraction of sp³-hybridized carbons (Fsp3) is 0.875. The predicted octanol–water partition coefficient (Wildman–Crippen LogP) is -1.04. The Hall–Kier alpha value is 1.95. The Morgan fingerprint density at radius 3 is 1.91 bits per heavy atom. The largest absolute Gasteiger partial charge is 1.00 e. The maximum atomic E-state index is 3.53. The maximum absolute atomic E-state index is 3.53. The van der Waals surface area contributed by atoms with Gasteiger partial charge in [-0.25, -0.2) is 0 Å². The fourth-order valence-corrected chi connectivity index (χ4v) is 1.82. The predicted molar refractivity (Wildman–Crippen MR) is 48.2 cm³/mol. The summed E-state index contributed by atoms with van der Waals surface area (Å²) in [7, 11) is 0. The van der Waals surface area contributed by atoms with Gasteiger partial charge in [-0.15, -0.1) is 0 Å². The Kier molecular flexibility index (Phi) is 8.66. The number of rotatable bonds is 0. The summed E-state index contributed by atoms with van der Waals surface area (Å²) in [6, 6.07) is 1.74. The molecule has 3 heteroatoms. The monoisotopic (exact) mass is 197 g/mol. The van der Waals surface area contributed by atoms with Crippen molar-refractivity contribution in [2.75, 3.05) is 19.3 Å². The normalized spacial score (nSPS) is 23.5. The Labute approximate surface area is 118 Å². The van der Waals surface area contributed by atoms with Crippen LogP contribution in [0.15, 0.2) is 0 Å². The van der Waals surface area contributed by atoms with Crippen LogP contribution in [0, 0.1) is 6.04 Å². The summed E-state index contributed by atoms with van der Waals surface area (Å²) < 4.78 is 0. The molecule has 0 spiro atoms. The molecular weight excluding hydrogens is 181 g/mol. The minimum Gasteiger partial charge on any atom is -0.454 e. The van der Waals surface area contributed by atoms with Gasteiger partial charge in [-0.3, -0.25) is 6.04 Å². The Balaban J connectivity index is 0.000000311. The van der Waals surface area contributed by atoms with Crippen LogP contribution in [-0.2, 0) is 0 Å². The summed E-state index contributed by atoms with van der Waals surface area (Å²) in [5.74, 6) is 0. The van der Waals surface area contributed by atoms with Crippen molar-refractivity contribution in [3.8, 4) is 0 Å². The molecule has 0 N–H and O–H groups in total. The summed E-state index contributed by atoms with van der Waals surface area (Å²) in [6.07, 6.45) is 7.35. The number of nitrogens with zero attached hydrogens (tertiary/aromatic N) is 1. The summed E-state index contributed by atoms with van der Waals surface area (Å²) in [4.78, 5) is 2.56. The molecular formula is C8H16KNS. The van der Waals surface area contributed by atoms with Crippen molar-refractivity contribution in [3.63, 3.8) is 0 Å². The molecule has 2 aliphatic rings. The Morgan fingerprint density at radius 1 is 1.09 bits per heavy atom. The van der Waals surface area contributed by atoms with Crippen LogP contribution in [0.25, 0.3) is 0 Å². The second-order valence-electron chi connectivity index (χ2n) is 2.76. The van der Waals surface area contributed by atoms with E-state index in [9.17, 15) is 0 Å². The van der Waals surface area contributed by atoms with E-state index in [-0.39, 0.29) is 51.4 Å². The molecule has 0 aromatic carbocycles. The third-order valence-electron chi connectivity index (χ3n) is 2.23. The molecule has 60 valence electrons. The van der Waals surface area contributed by atoms with Gasteiger partial charge in [0.1, 0.15) is 0 Å². The van der Waals surface area contributed by atoms with E-state index < -0.39 is 0 Å². The Bertz CT molecular complexity index is 80.1. The first-order valence-corrected chi connectivity index (χ1v) is 4.90. The maximum Gasteiger partial charge on any atom is 1.00 e. The topological polar surface area (TPSA) is 3.24 Å². The van der Waals surface area contributed by atoms with Crippen molar-refractivity contribution < 1.29 is 51.4 Å². The van der Waals surface area contributed by atoms with Gasteiger partial charge in [0, 0.05) is 0 Å². The van der Waals surface area contributed by atoms with Gasteiger partial charge in [0.05, 0.1) is 0 Å². The van der Waals surface area contributed by atoms with E-state index >= 15 is 0 Å². The molecule has 1 nitrogen and oxygen atoms in total. The quantitative estimate of drug-likeness (QED) is 0.295. The summed E-state index contributed by atoms with van der Waals surface area (Å²) in [6.45, 7) is 2.71. The molecule has 2 fully saturated rings. The van der Waals surface area contributed by atoms with Crippen LogP contribution in [0.4, 0.5) is 0 Å². The van der Waals surface area contributed by atoms with Crippen LogP contribution in [0.1, 0.15) is 25.7 Å². The zero-order valence-electron chi connectivity index (χ0n) is 7.64. The van der Waals surface area contributed by atoms with Gasteiger partial charge in [-0.1, -0.05) is 12.8 Å². The van der Waals surface area contributed by atoms with Crippen molar-refractivity contribution in [1.29, 1.82) is 0 Å². The van der Waals surface area contributed by atoms with Crippen LogP contribution < -0.4 is 51.4 Å². The molecule has 2 saturated heterocycles. The van der Waals surface area contributed by atoms with Gasteiger partial charge in [-0.2, -0.15) is 25.5 Å². The number of hydrogen-bond donors (Lipinski definition) is 1. The summed E-state index contributed by atoms with van der Waals surface area (Å²) >= 11 is 3.53. The molecule has 0 amide bonds. The minimum atomic E-state index is 0. The molecule has 0 aliphatic carbocycles. The average molecular weight is 197 g/mol. The van der Waals surface area contributed by atoms with Crippen molar-refractivity contribution >= 4 is 12.6 Å². The zero-order chi connectivity index (χ0) is 7.40. The van der Waals surface area contributed by atoms with Crippen molar-refractivity contribution in [1.82, 2.24) is 4.90 Å². The second-order valence-corrected chi connectivity index (χ2v) is 2.76. The van der Waals surface area contributed by atoms with Crippen LogP contribution in [0.2, 0.25) is 0 Å². The molecule has 0 saturated carbocycles. The van der Waals surface area contributed by atoms with Gasteiger partial charge in [-0.05, 0) is 19.3 Å². The Morgan fingerprint density at radius 2 is 1.55 bits per heavy atom. The fourth-order valence-electron chi connectivity index (χ4n) is 1.82. The first-order valence-electron chi connectivity index (χ1n) is 4.01. The van der Waals surface area contributed by atoms with Crippen molar-refractivity contribution in [3.05, 3.63) is 6.04 Å². The molecule has 2 rings (SSSR count). The van der Waals surface area contributed by atoms with E-state index in [2.05, 4.69) is 17.5 Å².